The molecule has 0 unspecified atom stereocenters. The van der Waals surface area contributed by atoms with Crippen molar-refractivity contribution in [2.75, 3.05) is 31.2 Å². The quantitative estimate of drug-likeness (QED) is 0.774. The zero-order valence-electron chi connectivity index (χ0n) is 13.2. The third-order valence-corrected chi connectivity index (χ3v) is 3.99. The van der Waals surface area contributed by atoms with Gasteiger partial charge in [0.25, 0.3) is 0 Å². The standard InChI is InChI=1S/C15H24N4O3/c1-3-11(2)13(14(20)21)16-8-12-9-17-15(18-10-12)19-4-6-22-7-5-19/h9-11,13,16H,3-8H2,1-2H3,(H,20,21)/t11-,13+/m1/s1. The molecule has 1 aliphatic heterocycles. The van der Waals surface area contributed by atoms with Crippen LogP contribution in [0.4, 0.5) is 5.95 Å². The van der Waals surface area contributed by atoms with Gasteiger partial charge in [0, 0.05) is 37.6 Å². The SMILES string of the molecule is CC[C@@H](C)[C@H](NCc1cnc(N2CCOCC2)nc1)C(=O)O. The molecule has 1 aromatic heterocycles. The second kappa shape index (κ2) is 8.05. The number of aliphatic carboxylic acids is 1. The van der Waals surface area contributed by atoms with Gasteiger partial charge in [-0.15, -0.1) is 0 Å². The summed E-state index contributed by atoms with van der Waals surface area (Å²) < 4.78 is 5.30. The van der Waals surface area contributed by atoms with Crippen LogP contribution in [-0.2, 0) is 16.1 Å². The lowest BCUT2D eigenvalue weighted by molar-refractivity contribution is -0.140. The van der Waals surface area contributed by atoms with E-state index in [1.54, 1.807) is 12.4 Å². The van der Waals surface area contributed by atoms with Crippen molar-refractivity contribution in [1.82, 2.24) is 15.3 Å². The fraction of sp³-hybridized carbons (Fsp3) is 0.667. The molecule has 1 fully saturated rings. The molecule has 0 aliphatic carbocycles. The maximum Gasteiger partial charge on any atom is 0.320 e. The molecule has 1 aromatic rings. The van der Waals surface area contributed by atoms with E-state index in [0.29, 0.717) is 25.7 Å². The zero-order valence-corrected chi connectivity index (χ0v) is 13.2. The largest absolute Gasteiger partial charge is 0.480 e. The van der Waals surface area contributed by atoms with Crippen molar-refractivity contribution >= 4 is 11.9 Å². The van der Waals surface area contributed by atoms with Crippen molar-refractivity contribution in [1.29, 1.82) is 0 Å². The molecule has 0 radical (unpaired) electrons. The molecule has 2 N–H and O–H groups in total. The smallest absolute Gasteiger partial charge is 0.320 e. The molecular formula is C15H24N4O3. The highest BCUT2D eigenvalue weighted by atomic mass is 16.5. The number of hydrogen-bond acceptors (Lipinski definition) is 6. The highest BCUT2D eigenvalue weighted by molar-refractivity contribution is 5.73. The topological polar surface area (TPSA) is 87.6 Å². The molecule has 0 amide bonds. The number of carbonyl (C=O) groups is 1. The van der Waals surface area contributed by atoms with Crippen LogP contribution in [0.2, 0.25) is 0 Å². The third kappa shape index (κ3) is 4.38. The van der Waals surface area contributed by atoms with Crippen LogP contribution in [0.25, 0.3) is 0 Å². The van der Waals surface area contributed by atoms with Gasteiger partial charge in [-0.2, -0.15) is 0 Å². The van der Waals surface area contributed by atoms with E-state index in [9.17, 15) is 9.90 Å². The Kier molecular flexibility index (Phi) is 6.09. The predicted octanol–water partition coefficient (Wildman–Crippen LogP) is 0.902. The van der Waals surface area contributed by atoms with Crippen LogP contribution in [0, 0.1) is 5.92 Å². The summed E-state index contributed by atoms with van der Waals surface area (Å²) in [6, 6.07) is -0.552. The molecular weight excluding hydrogens is 284 g/mol. The van der Waals surface area contributed by atoms with Gasteiger partial charge in [0.05, 0.1) is 13.2 Å². The van der Waals surface area contributed by atoms with Gasteiger partial charge < -0.3 is 14.7 Å². The van der Waals surface area contributed by atoms with Crippen LogP contribution in [0.3, 0.4) is 0 Å². The van der Waals surface area contributed by atoms with Crippen molar-refractivity contribution in [3.8, 4) is 0 Å². The minimum absolute atomic E-state index is 0.0750. The number of nitrogens with one attached hydrogen (secondary N) is 1. The molecule has 2 heterocycles. The van der Waals surface area contributed by atoms with E-state index in [1.807, 2.05) is 13.8 Å². The number of nitrogens with zero attached hydrogens (tertiary/aromatic N) is 3. The fourth-order valence-electron chi connectivity index (χ4n) is 2.36. The van der Waals surface area contributed by atoms with E-state index in [-0.39, 0.29) is 5.92 Å². The van der Waals surface area contributed by atoms with Gasteiger partial charge in [0.15, 0.2) is 0 Å². The first kappa shape index (κ1) is 16.6. The van der Waals surface area contributed by atoms with Crippen LogP contribution >= 0.6 is 0 Å². The highest BCUT2D eigenvalue weighted by Crippen LogP contribution is 2.11. The first-order chi connectivity index (χ1) is 10.6. The molecule has 1 saturated heterocycles. The first-order valence-electron chi connectivity index (χ1n) is 7.71. The molecule has 122 valence electrons. The van der Waals surface area contributed by atoms with Crippen molar-refractivity contribution < 1.29 is 14.6 Å². The summed E-state index contributed by atoms with van der Waals surface area (Å²) in [6.45, 7) is 7.36. The Hall–Kier alpha value is -1.73. The summed E-state index contributed by atoms with van der Waals surface area (Å²) in [5.74, 6) is -0.0463. The molecule has 0 spiro atoms. The van der Waals surface area contributed by atoms with Crippen LogP contribution in [0.5, 0.6) is 0 Å². The maximum absolute atomic E-state index is 11.3. The minimum atomic E-state index is -0.819. The Bertz CT molecular complexity index is 474. The summed E-state index contributed by atoms with van der Waals surface area (Å²) in [4.78, 5) is 22.1. The number of anilines is 1. The van der Waals surface area contributed by atoms with Crippen molar-refractivity contribution in [2.24, 2.45) is 5.92 Å². The van der Waals surface area contributed by atoms with E-state index in [4.69, 9.17) is 4.74 Å². The monoisotopic (exact) mass is 308 g/mol. The second-order valence-corrected chi connectivity index (χ2v) is 5.57. The predicted molar refractivity (Wildman–Crippen MR) is 82.8 cm³/mol. The summed E-state index contributed by atoms with van der Waals surface area (Å²) in [5, 5.41) is 12.3. The molecule has 0 bridgehead atoms. The van der Waals surface area contributed by atoms with Gasteiger partial charge in [-0.25, -0.2) is 9.97 Å². The van der Waals surface area contributed by atoms with Crippen molar-refractivity contribution in [3.05, 3.63) is 18.0 Å². The van der Waals surface area contributed by atoms with E-state index in [1.165, 1.54) is 0 Å². The van der Waals surface area contributed by atoms with E-state index >= 15 is 0 Å². The Morgan fingerprint density at radius 1 is 1.41 bits per heavy atom. The molecule has 22 heavy (non-hydrogen) atoms. The van der Waals surface area contributed by atoms with Gasteiger partial charge in [0.1, 0.15) is 6.04 Å². The Balaban J connectivity index is 1.91. The lowest BCUT2D eigenvalue weighted by Gasteiger charge is -2.26. The molecule has 1 aliphatic rings. The van der Waals surface area contributed by atoms with Gasteiger partial charge in [-0.1, -0.05) is 20.3 Å². The Labute approximate surface area is 130 Å². The number of hydrogen-bond donors (Lipinski definition) is 2. The Morgan fingerprint density at radius 3 is 2.59 bits per heavy atom. The number of aromatic nitrogens is 2. The lowest BCUT2D eigenvalue weighted by Crippen LogP contribution is -2.41. The van der Waals surface area contributed by atoms with Crippen LogP contribution in [0.1, 0.15) is 25.8 Å². The number of morpholine rings is 1. The van der Waals surface area contributed by atoms with Gasteiger partial charge >= 0.3 is 5.97 Å². The minimum Gasteiger partial charge on any atom is -0.480 e. The normalized spacial score (nSPS) is 18.0. The Morgan fingerprint density at radius 2 is 2.05 bits per heavy atom. The third-order valence-electron chi connectivity index (χ3n) is 3.99. The fourth-order valence-corrected chi connectivity index (χ4v) is 2.36. The van der Waals surface area contributed by atoms with Crippen LogP contribution in [-0.4, -0.2) is 53.4 Å². The number of carboxylic acids is 1. The highest BCUT2D eigenvalue weighted by Gasteiger charge is 2.22. The second-order valence-electron chi connectivity index (χ2n) is 5.57. The molecule has 0 saturated carbocycles. The van der Waals surface area contributed by atoms with Gasteiger partial charge in [0.2, 0.25) is 5.95 Å². The number of rotatable bonds is 7. The molecule has 0 aromatic carbocycles. The average molecular weight is 308 g/mol. The average Bonchev–Trinajstić information content (AvgIpc) is 2.56. The van der Waals surface area contributed by atoms with E-state index in [0.717, 1.165) is 25.1 Å². The van der Waals surface area contributed by atoms with Crippen molar-refractivity contribution in [3.63, 3.8) is 0 Å². The van der Waals surface area contributed by atoms with Gasteiger partial charge in [-0.3, -0.25) is 10.1 Å². The summed E-state index contributed by atoms with van der Waals surface area (Å²) >= 11 is 0. The summed E-state index contributed by atoms with van der Waals surface area (Å²) in [5.41, 5.74) is 0.881. The molecule has 2 rings (SSSR count). The van der Waals surface area contributed by atoms with E-state index < -0.39 is 12.0 Å². The number of ether oxygens (including phenoxy) is 1. The summed E-state index contributed by atoms with van der Waals surface area (Å²) in [7, 11) is 0. The molecule has 7 nitrogen and oxygen atoms in total. The summed E-state index contributed by atoms with van der Waals surface area (Å²) in [6.07, 6.45) is 4.32. The van der Waals surface area contributed by atoms with Gasteiger partial charge in [-0.05, 0) is 5.92 Å². The van der Waals surface area contributed by atoms with Crippen molar-refractivity contribution in [2.45, 2.75) is 32.9 Å². The molecule has 7 heteroatoms. The lowest BCUT2D eigenvalue weighted by atomic mass is 9.99. The zero-order chi connectivity index (χ0) is 15.9. The van der Waals surface area contributed by atoms with E-state index in [2.05, 4.69) is 20.2 Å². The first-order valence-corrected chi connectivity index (χ1v) is 7.71. The molecule has 2 atom stereocenters. The van der Waals surface area contributed by atoms with Crippen LogP contribution in [0.15, 0.2) is 12.4 Å². The number of carboxylic acid groups (broad SMARTS) is 1. The maximum atomic E-state index is 11.3. The van der Waals surface area contributed by atoms with Crippen LogP contribution < -0.4 is 10.2 Å².